The van der Waals surface area contributed by atoms with Crippen molar-refractivity contribution in [3.05, 3.63) is 29.8 Å². The Hall–Kier alpha value is -1.88. The number of carbonyl (C=O) groups excluding carboxylic acids is 2. The van der Waals surface area contributed by atoms with Gasteiger partial charge in [-0.2, -0.15) is 0 Å². The molecular formula is C19H26N2O3. The zero-order chi connectivity index (χ0) is 17.1. The third kappa shape index (κ3) is 3.46. The largest absolute Gasteiger partial charge is 0.396 e. The standard InChI is InChI=1S/C19H26N2O3/c1-2-14-3-5-17(6-4-14)21-12-16(11-18(21)23)19(24)20-9-7-15(13-22)8-10-20/h3-6,15-16,22H,2,7-13H2,1H3. The Labute approximate surface area is 143 Å². The number of amides is 2. The average molecular weight is 330 g/mol. The SMILES string of the molecule is CCc1ccc(N2CC(C(=O)N3CCC(CO)CC3)CC2=O)cc1. The average Bonchev–Trinajstić information content (AvgIpc) is 3.03. The van der Waals surface area contributed by atoms with Crippen LogP contribution in [0.25, 0.3) is 0 Å². The molecule has 1 unspecified atom stereocenters. The van der Waals surface area contributed by atoms with Gasteiger partial charge in [-0.1, -0.05) is 19.1 Å². The maximum atomic E-state index is 12.7. The van der Waals surface area contributed by atoms with Crippen LogP contribution in [0.4, 0.5) is 5.69 Å². The number of aryl methyl sites for hydroxylation is 1. The number of carbonyl (C=O) groups is 2. The molecule has 1 atom stereocenters. The number of nitrogens with zero attached hydrogens (tertiary/aromatic N) is 2. The summed E-state index contributed by atoms with van der Waals surface area (Å²) in [5, 5.41) is 9.21. The molecular weight excluding hydrogens is 304 g/mol. The van der Waals surface area contributed by atoms with Crippen molar-refractivity contribution in [1.82, 2.24) is 4.90 Å². The zero-order valence-corrected chi connectivity index (χ0v) is 14.3. The fourth-order valence-electron chi connectivity index (χ4n) is 3.63. The van der Waals surface area contributed by atoms with E-state index in [9.17, 15) is 14.7 Å². The molecule has 5 heteroatoms. The summed E-state index contributed by atoms with van der Waals surface area (Å²) in [5.74, 6) is 0.192. The van der Waals surface area contributed by atoms with E-state index in [2.05, 4.69) is 6.92 Å². The summed E-state index contributed by atoms with van der Waals surface area (Å²) in [6, 6.07) is 8.02. The van der Waals surface area contributed by atoms with E-state index in [4.69, 9.17) is 0 Å². The second kappa shape index (κ2) is 7.34. The van der Waals surface area contributed by atoms with Gasteiger partial charge < -0.3 is 14.9 Å². The Morgan fingerprint density at radius 1 is 1.21 bits per heavy atom. The van der Waals surface area contributed by atoms with E-state index in [1.807, 2.05) is 29.2 Å². The minimum absolute atomic E-state index is 0.0304. The van der Waals surface area contributed by atoms with E-state index in [1.165, 1.54) is 5.56 Å². The van der Waals surface area contributed by atoms with Crippen LogP contribution in [-0.2, 0) is 16.0 Å². The third-order valence-electron chi connectivity index (χ3n) is 5.31. The molecule has 0 spiro atoms. The van der Waals surface area contributed by atoms with Crippen LogP contribution >= 0.6 is 0 Å². The fraction of sp³-hybridized carbons (Fsp3) is 0.579. The van der Waals surface area contributed by atoms with Gasteiger partial charge in [-0.15, -0.1) is 0 Å². The summed E-state index contributed by atoms with van der Waals surface area (Å²) in [5.41, 5.74) is 2.12. The highest BCUT2D eigenvalue weighted by molar-refractivity contribution is 6.00. The number of piperidine rings is 1. The first-order valence-corrected chi connectivity index (χ1v) is 8.91. The van der Waals surface area contributed by atoms with Gasteiger partial charge in [0.2, 0.25) is 11.8 Å². The number of rotatable bonds is 4. The monoisotopic (exact) mass is 330 g/mol. The fourth-order valence-corrected chi connectivity index (χ4v) is 3.63. The summed E-state index contributed by atoms with van der Waals surface area (Å²) in [4.78, 5) is 28.7. The molecule has 24 heavy (non-hydrogen) atoms. The molecule has 0 radical (unpaired) electrons. The highest BCUT2D eigenvalue weighted by Gasteiger charge is 2.37. The highest BCUT2D eigenvalue weighted by atomic mass is 16.3. The lowest BCUT2D eigenvalue weighted by Gasteiger charge is -2.32. The summed E-state index contributed by atoms with van der Waals surface area (Å²) in [7, 11) is 0. The molecule has 0 bridgehead atoms. The number of aliphatic hydroxyl groups is 1. The van der Waals surface area contributed by atoms with Gasteiger partial charge in [0.25, 0.3) is 0 Å². The van der Waals surface area contributed by atoms with Crippen LogP contribution in [0.1, 0.15) is 31.7 Å². The Bertz CT molecular complexity index is 591. The van der Waals surface area contributed by atoms with Gasteiger partial charge in [0.15, 0.2) is 0 Å². The van der Waals surface area contributed by atoms with Crippen LogP contribution in [0.15, 0.2) is 24.3 Å². The molecule has 2 heterocycles. The number of likely N-dealkylation sites (tertiary alicyclic amines) is 1. The first kappa shape index (κ1) is 17.0. The van der Waals surface area contributed by atoms with Gasteiger partial charge in [0.1, 0.15) is 0 Å². The molecule has 3 rings (SSSR count). The van der Waals surface area contributed by atoms with E-state index in [0.717, 1.165) is 24.9 Å². The highest BCUT2D eigenvalue weighted by Crippen LogP contribution is 2.28. The molecule has 5 nitrogen and oxygen atoms in total. The Morgan fingerprint density at radius 3 is 2.46 bits per heavy atom. The molecule has 1 N–H and O–H groups in total. The van der Waals surface area contributed by atoms with Gasteiger partial charge in [-0.25, -0.2) is 0 Å². The van der Waals surface area contributed by atoms with Crippen LogP contribution in [0.3, 0.4) is 0 Å². The number of benzene rings is 1. The van der Waals surface area contributed by atoms with Gasteiger partial charge in [-0.05, 0) is 42.9 Å². The molecule has 130 valence electrons. The summed E-state index contributed by atoms with van der Waals surface area (Å²) in [6.45, 7) is 4.17. The minimum atomic E-state index is -0.242. The Morgan fingerprint density at radius 2 is 1.88 bits per heavy atom. The van der Waals surface area contributed by atoms with Crippen molar-refractivity contribution in [2.24, 2.45) is 11.8 Å². The molecule has 2 amide bonds. The smallest absolute Gasteiger partial charge is 0.228 e. The van der Waals surface area contributed by atoms with E-state index < -0.39 is 0 Å². The predicted molar refractivity (Wildman–Crippen MR) is 92.7 cm³/mol. The maximum Gasteiger partial charge on any atom is 0.228 e. The van der Waals surface area contributed by atoms with Crippen molar-refractivity contribution in [3.8, 4) is 0 Å². The van der Waals surface area contributed by atoms with E-state index in [-0.39, 0.29) is 24.3 Å². The lowest BCUT2D eigenvalue weighted by Crippen LogP contribution is -2.43. The van der Waals surface area contributed by atoms with Crippen LogP contribution in [-0.4, -0.2) is 48.1 Å². The lowest BCUT2D eigenvalue weighted by atomic mass is 9.96. The molecule has 2 aliphatic heterocycles. The van der Waals surface area contributed by atoms with Crippen LogP contribution in [0, 0.1) is 11.8 Å². The van der Waals surface area contributed by atoms with E-state index in [0.29, 0.717) is 32.0 Å². The third-order valence-corrected chi connectivity index (χ3v) is 5.31. The minimum Gasteiger partial charge on any atom is -0.396 e. The predicted octanol–water partition coefficient (Wildman–Crippen LogP) is 1.83. The first-order valence-electron chi connectivity index (χ1n) is 8.91. The molecule has 0 aliphatic carbocycles. The van der Waals surface area contributed by atoms with Gasteiger partial charge >= 0.3 is 0 Å². The van der Waals surface area contributed by atoms with Gasteiger partial charge in [0.05, 0.1) is 5.92 Å². The number of anilines is 1. The molecule has 2 fully saturated rings. The second-order valence-corrected chi connectivity index (χ2v) is 6.88. The van der Waals surface area contributed by atoms with E-state index >= 15 is 0 Å². The van der Waals surface area contributed by atoms with Crippen LogP contribution in [0.5, 0.6) is 0 Å². The second-order valence-electron chi connectivity index (χ2n) is 6.88. The van der Waals surface area contributed by atoms with Gasteiger partial charge in [0, 0.05) is 38.3 Å². The summed E-state index contributed by atoms with van der Waals surface area (Å²) >= 11 is 0. The lowest BCUT2D eigenvalue weighted by molar-refractivity contribution is -0.137. The molecule has 0 aromatic heterocycles. The van der Waals surface area contributed by atoms with Crippen molar-refractivity contribution in [2.75, 3.05) is 31.1 Å². The van der Waals surface area contributed by atoms with Crippen molar-refractivity contribution in [1.29, 1.82) is 0 Å². The summed E-state index contributed by atoms with van der Waals surface area (Å²) in [6.07, 6.45) is 2.98. The van der Waals surface area contributed by atoms with Crippen molar-refractivity contribution in [2.45, 2.75) is 32.6 Å². The van der Waals surface area contributed by atoms with Gasteiger partial charge in [-0.3, -0.25) is 9.59 Å². The van der Waals surface area contributed by atoms with E-state index in [1.54, 1.807) is 4.90 Å². The molecule has 1 aromatic carbocycles. The molecule has 0 saturated carbocycles. The van der Waals surface area contributed by atoms with Crippen molar-refractivity contribution < 1.29 is 14.7 Å². The molecule has 2 saturated heterocycles. The quantitative estimate of drug-likeness (QED) is 0.916. The molecule has 2 aliphatic rings. The van der Waals surface area contributed by atoms with Crippen LogP contribution in [0.2, 0.25) is 0 Å². The van der Waals surface area contributed by atoms with Crippen LogP contribution < -0.4 is 4.90 Å². The summed E-state index contributed by atoms with van der Waals surface area (Å²) < 4.78 is 0. The first-order chi connectivity index (χ1) is 11.6. The number of aliphatic hydroxyl groups excluding tert-OH is 1. The Balaban J connectivity index is 1.62. The molecule has 1 aromatic rings. The number of hydrogen-bond donors (Lipinski definition) is 1. The zero-order valence-electron chi connectivity index (χ0n) is 14.3. The topological polar surface area (TPSA) is 60.9 Å². The maximum absolute atomic E-state index is 12.7. The van der Waals surface area contributed by atoms with Crippen molar-refractivity contribution in [3.63, 3.8) is 0 Å². The normalized spacial score (nSPS) is 22.2. The number of hydrogen-bond acceptors (Lipinski definition) is 3. The Kier molecular flexibility index (Phi) is 5.19. The van der Waals surface area contributed by atoms with Crippen molar-refractivity contribution >= 4 is 17.5 Å².